The van der Waals surface area contributed by atoms with Crippen LogP contribution in [0.2, 0.25) is 0 Å². The molecule has 1 fully saturated rings. The molecule has 0 amide bonds. The Balaban J connectivity index is 1.61. The second-order valence-corrected chi connectivity index (χ2v) is 7.40. The SMILES string of the molecule is NC1=NC(N)=C2SC(CCN3CCOCC3)(c3ccn[nH]3)C=C2N1. The van der Waals surface area contributed by atoms with E-state index >= 15 is 0 Å². The molecule has 3 aliphatic heterocycles. The van der Waals surface area contributed by atoms with Crippen molar-refractivity contribution in [2.24, 2.45) is 16.5 Å². The normalized spacial score (nSPS) is 27.5. The predicted molar refractivity (Wildman–Crippen MR) is 93.8 cm³/mol. The Morgan fingerprint density at radius 2 is 2.17 bits per heavy atom. The average Bonchev–Trinajstić information content (AvgIpc) is 3.22. The number of thioether (sulfide) groups is 1. The first-order valence-electron chi connectivity index (χ1n) is 7.99. The summed E-state index contributed by atoms with van der Waals surface area (Å²) in [6, 6.07) is 2.02. The van der Waals surface area contributed by atoms with Crippen LogP contribution in [0.5, 0.6) is 0 Å². The lowest BCUT2D eigenvalue weighted by molar-refractivity contribution is 0.0366. The molecule has 0 saturated carbocycles. The molecule has 6 N–H and O–H groups in total. The smallest absolute Gasteiger partial charge is 0.199 e. The van der Waals surface area contributed by atoms with Gasteiger partial charge in [0.25, 0.3) is 0 Å². The van der Waals surface area contributed by atoms with Gasteiger partial charge in [-0.1, -0.05) is 0 Å². The van der Waals surface area contributed by atoms with Crippen molar-refractivity contribution < 1.29 is 4.74 Å². The molecule has 1 unspecified atom stereocenters. The van der Waals surface area contributed by atoms with Crippen LogP contribution in [0.1, 0.15) is 12.1 Å². The lowest BCUT2D eigenvalue weighted by atomic mass is 9.98. The van der Waals surface area contributed by atoms with Gasteiger partial charge in [0.2, 0.25) is 0 Å². The first-order chi connectivity index (χ1) is 11.7. The van der Waals surface area contributed by atoms with Crippen LogP contribution in [-0.4, -0.2) is 53.9 Å². The van der Waals surface area contributed by atoms with Gasteiger partial charge in [-0.25, -0.2) is 0 Å². The van der Waals surface area contributed by atoms with E-state index in [9.17, 15) is 0 Å². The fourth-order valence-electron chi connectivity index (χ4n) is 3.23. The van der Waals surface area contributed by atoms with Crippen LogP contribution < -0.4 is 16.8 Å². The van der Waals surface area contributed by atoms with Crippen LogP contribution in [0.3, 0.4) is 0 Å². The number of fused-ring (bicyclic) bond motifs is 1. The molecule has 0 spiro atoms. The summed E-state index contributed by atoms with van der Waals surface area (Å²) >= 11 is 1.71. The molecule has 0 radical (unpaired) electrons. The molecule has 128 valence electrons. The number of aromatic nitrogens is 2. The van der Waals surface area contributed by atoms with Crippen molar-refractivity contribution in [3.8, 4) is 0 Å². The number of hydrogen-bond acceptors (Lipinski definition) is 8. The molecule has 4 rings (SSSR count). The number of nitrogens with zero attached hydrogens (tertiary/aromatic N) is 3. The molecule has 3 aliphatic rings. The van der Waals surface area contributed by atoms with Crippen LogP contribution in [0, 0.1) is 0 Å². The molecule has 1 aromatic rings. The van der Waals surface area contributed by atoms with Crippen LogP contribution in [0.4, 0.5) is 0 Å². The maximum absolute atomic E-state index is 6.08. The number of aromatic amines is 1. The minimum absolute atomic E-state index is 0.253. The van der Waals surface area contributed by atoms with Crippen molar-refractivity contribution in [2.75, 3.05) is 32.8 Å². The minimum Gasteiger partial charge on any atom is -0.383 e. The molecular formula is C15H21N7OS. The van der Waals surface area contributed by atoms with Crippen LogP contribution in [-0.2, 0) is 9.48 Å². The Hall–Kier alpha value is -1.97. The van der Waals surface area contributed by atoms with Gasteiger partial charge in [-0.05, 0) is 18.6 Å². The second kappa shape index (κ2) is 6.15. The van der Waals surface area contributed by atoms with E-state index in [1.54, 1.807) is 18.0 Å². The summed E-state index contributed by atoms with van der Waals surface area (Å²) < 4.78 is 5.18. The van der Waals surface area contributed by atoms with E-state index in [2.05, 4.69) is 31.5 Å². The molecule has 9 heteroatoms. The van der Waals surface area contributed by atoms with E-state index in [0.717, 1.165) is 55.6 Å². The summed E-state index contributed by atoms with van der Waals surface area (Å²) in [5.74, 6) is 0.798. The number of aliphatic imine (C=N–C) groups is 1. The fraction of sp³-hybridized carbons (Fsp3) is 0.467. The number of nitrogens with two attached hydrogens (primary N) is 2. The Morgan fingerprint density at radius 3 is 2.92 bits per heavy atom. The Morgan fingerprint density at radius 1 is 1.33 bits per heavy atom. The van der Waals surface area contributed by atoms with Gasteiger partial charge in [-0.2, -0.15) is 10.1 Å². The summed E-state index contributed by atoms with van der Waals surface area (Å²) in [5.41, 5.74) is 13.9. The molecule has 0 bridgehead atoms. The summed E-state index contributed by atoms with van der Waals surface area (Å²) in [6.45, 7) is 4.52. The molecule has 1 aromatic heterocycles. The fourth-order valence-corrected chi connectivity index (χ4v) is 4.55. The number of guanidine groups is 1. The zero-order valence-electron chi connectivity index (χ0n) is 13.3. The second-order valence-electron chi connectivity index (χ2n) is 6.06. The van der Waals surface area contributed by atoms with Crippen molar-refractivity contribution >= 4 is 17.7 Å². The van der Waals surface area contributed by atoms with Crippen molar-refractivity contribution in [3.63, 3.8) is 0 Å². The lowest BCUT2D eigenvalue weighted by Crippen LogP contribution is -2.38. The third-order valence-electron chi connectivity index (χ3n) is 4.50. The van der Waals surface area contributed by atoms with Gasteiger partial charge in [0.1, 0.15) is 5.82 Å². The number of nitrogens with one attached hydrogen (secondary N) is 2. The highest BCUT2D eigenvalue weighted by Gasteiger charge is 2.42. The summed E-state index contributed by atoms with van der Waals surface area (Å²) in [7, 11) is 0. The number of ether oxygens (including phenoxy) is 1. The zero-order chi connectivity index (χ0) is 16.6. The van der Waals surface area contributed by atoms with Crippen LogP contribution in [0.15, 0.2) is 39.8 Å². The molecule has 4 heterocycles. The topological polar surface area (TPSA) is 118 Å². The van der Waals surface area contributed by atoms with Crippen LogP contribution >= 0.6 is 11.8 Å². The van der Waals surface area contributed by atoms with Gasteiger partial charge < -0.3 is 21.5 Å². The molecule has 0 aromatic carbocycles. The first kappa shape index (κ1) is 15.6. The van der Waals surface area contributed by atoms with E-state index in [-0.39, 0.29) is 4.75 Å². The van der Waals surface area contributed by atoms with E-state index in [1.165, 1.54) is 0 Å². The van der Waals surface area contributed by atoms with E-state index in [4.69, 9.17) is 16.2 Å². The standard InChI is InChI=1S/C15H21N7OS/c16-13-12-10(19-14(17)20-13)9-15(24-12,11-1-3-18-21-11)2-4-22-5-7-23-8-6-22/h1,3,9H,2,4-8,16H2,(H,18,21)(H3,17,19,20). The quantitative estimate of drug-likeness (QED) is 0.606. The first-order valence-corrected chi connectivity index (χ1v) is 8.81. The van der Waals surface area contributed by atoms with Crippen molar-refractivity contribution in [1.29, 1.82) is 0 Å². The van der Waals surface area contributed by atoms with Crippen molar-refractivity contribution in [1.82, 2.24) is 20.4 Å². The third-order valence-corrected chi connectivity index (χ3v) is 6.04. The van der Waals surface area contributed by atoms with E-state index < -0.39 is 0 Å². The molecule has 0 aliphatic carbocycles. The Bertz CT molecular complexity index is 705. The monoisotopic (exact) mass is 347 g/mol. The highest BCUT2D eigenvalue weighted by Crippen LogP contribution is 2.53. The number of morpholine rings is 1. The van der Waals surface area contributed by atoms with Gasteiger partial charge >= 0.3 is 0 Å². The zero-order valence-corrected chi connectivity index (χ0v) is 14.1. The third kappa shape index (κ3) is 2.79. The van der Waals surface area contributed by atoms with Gasteiger partial charge in [0.15, 0.2) is 5.96 Å². The number of H-pyrrole nitrogens is 1. The molecular weight excluding hydrogens is 326 g/mol. The van der Waals surface area contributed by atoms with Crippen LogP contribution in [0.25, 0.3) is 0 Å². The Labute approximate surface area is 144 Å². The average molecular weight is 347 g/mol. The Kier molecular flexibility index (Phi) is 3.99. The molecule has 8 nitrogen and oxygen atoms in total. The molecule has 24 heavy (non-hydrogen) atoms. The van der Waals surface area contributed by atoms with Gasteiger partial charge in [-0.3, -0.25) is 10.00 Å². The maximum atomic E-state index is 6.08. The summed E-state index contributed by atoms with van der Waals surface area (Å²) in [4.78, 5) is 7.52. The number of rotatable bonds is 4. The van der Waals surface area contributed by atoms with E-state index in [0.29, 0.717) is 11.8 Å². The van der Waals surface area contributed by atoms with Gasteiger partial charge in [-0.15, -0.1) is 11.8 Å². The summed E-state index contributed by atoms with van der Waals surface area (Å²) in [5, 5.41) is 10.4. The minimum atomic E-state index is -0.253. The maximum Gasteiger partial charge on any atom is 0.199 e. The predicted octanol–water partition coefficient (Wildman–Crippen LogP) is 0.00370. The molecule has 1 saturated heterocycles. The lowest BCUT2D eigenvalue weighted by Gasteiger charge is -2.31. The van der Waals surface area contributed by atoms with Gasteiger partial charge in [0, 0.05) is 25.8 Å². The highest BCUT2D eigenvalue weighted by molar-refractivity contribution is 8.04. The number of hydrogen-bond donors (Lipinski definition) is 4. The highest BCUT2D eigenvalue weighted by atomic mass is 32.2. The van der Waals surface area contributed by atoms with Crippen molar-refractivity contribution in [2.45, 2.75) is 11.2 Å². The summed E-state index contributed by atoms with van der Waals surface area (Å²) in [6.07, 6.45) is 4.90. The molecule has 1 atom stereocenters. The van der Waals surface area contributed by atoms with Gasteiger partial charge in [0.05, 0.1) is 34.3 Å². The van der Waals surface area contributed by atoms with E-state index in [1.807, 2.05) is 6.07 Å². The largest absolute Gasteiger partial charge is 0.383 e. The van der Waals surface area contributed by atoms with Crippen molar-refractivity contribution in [3.05, 3.63) is 40.5 Å².